The number of ether oxygens (including phenoxy) is 1. The van der Waals surface area contributed by atoms with E-state index in [1.165, 1.54) is 11.1 Å². The molecule has 0 bridgehead atoms. The lowest BCUT2D eigenvalue weighted by atomic mass is 10.1. The highest BCUT2D eigenvalue weighted by Crippen LogP contribution is 2.31. The minimum Gasteiger partial charge on any atom is -0.486 e. The van der Waals surface area contributed by atoms with E-state index in [0.29, 0.717) is 22.4 Å². The summed E-state index contributed by atoms with van der Waals surface area (Å²) in [5.41, 5.74) is 3.26. The van der Waals surface area contributed by atoms with Crippen molar-refractivity contribution in [3.8, 4) is 5.75 Å². The van der Waals surface area contributed by atoms with Crippen LogP contribution in [-0.4, -0.2) is 14.8 Å². The zero-order valence-electron chi connectivity index (χ0n) is 15.5. The van der Waals surface area contributed by atoms with Crippen LogP contribution in [-0.2, 0) is 18.9 Å². The van der Waals surface area contributed by atoms with Gasteiger partial charge in [0.1, 0.15) is 12.4 Å². The molecule has 0 saturated carbocycles. The van der Waals surface area contributed by atoms with E-state index in [1.54, 1.807) is 11.8 Å². The Labute approximate surface area is 173 Å². The maximum absolute atomic E-state index is 6.26. The molecule has 3 aromatic rings. The highest BCUT2D eigenvalue weighted by Gasteiger charge is 2.14. The number of benzene rings is 2. The minimum atomic E-state index is 0.372. The van der Waals surface area contributed by atoms with Gasteiger partial charge in [0.2, 0.25) is 0 Å². The number of hydrogen-bond acceptors (Lipinski definition) is 4. The lowest BCUT2D eigenvalue weighted by Gasteiger charge is -2.10. The van der Waals surface area contributed by atoms with E-state index in [1.807, 2.05) is 30.3 Å². The second kappa shape index (κ2) is 9.00. The van der Waals surface area contributed by atoms with Crippen LogP contribution in [0.15, 0.2) is 41.6 Å². The van der Waals surface area contributed by atoms with Gasteiger partial charge in [0.25, 0.3) is 0 Å². The van der Waals surface area contributed by atoms with Crippen molar-refractivity contribution < 1.29 is 4.74 Å². The van der Waals surface area contributed by atoms with E-state index in [2.05, 4.69) is 41.6 Å². The van der Waals surface area contributed by atoms with Gasteiger partial charge in [-0.05, 0) is 61.7 Å². The van der Waals surface area contributed by atoms with Crippen molar-refractivity contribution in [2.75, 3.05) is 0 Å². The molecule has 1 aromatic heterocycles. The number of aromatic nitrogens is 3. The smallest absolute Gasteiger partial charge is 0.191 e. The molecule has 0 aliphatic rings. The van der Waals surface area contributed by atoms with Gasteiger partial charge in [0.15, 0.2) is 11.0 Å². The molecule has 142 valence electrons. The summed E-state index contributed by atoms with van der Waals surface area (Å²) >= 11 is 14.1. The van der Waals surface area contributed by atoms with Gasteiger partial charge in [-0.2, -0.15) is 0 Å². The molecule has 0 fully saturated rings. The van der Waals surface area contributed by atoms with E-state index in [4.69, 9.17) is 27.9 Å². The Kier molecular flexibility index (Phi) is 6.68. The van der Waals surface area contributed by atoms with Crippen LogP contribution in [0, 0.1) is 13.8 Å². The Morgan fingerprint density at radius 2 is 1.70 bits per heavy atom. The summed E-state index contributed by atoms with van der Waals surface area (Å²) in [4.78, 5) is 0. The predicted molar refractivity (Wildman–Crippen MR) is 112 cm³/mol. The Bertz CT molecular complexity index is 902. The molecule has 4 nitrogen and oxygen atoms in total. The van der Waals surface area contributed by atoms with E-state index < -0.39 is 0 Å². The number of aryl methyl sites for hydroxylation is 2. The van der Waals surface area contributed by atoms with E-state index in [9.17, 15) is 0 Å². The van der Waals surface area contributed by atoms with Crippen molar-refractivity contribution in [3.05, 3.63) is 69.0 Å². The maximum atomic E-state index is 6.26. The van der Waals surface area contributed by atoms with E-state index in [0.717, 1.165) is 28.8 Å². The second-order valence-corrected chi connectivity index (χ2v) is 8.00. The van der Waals surface area contributed by atoms with Gasteiger partial charge in [-0.15, -0.1) is 10.2 Å². The Hall–Kier alpha value is -1.69. The summed E-state index contributed by atoms with van der Waals surface area (Å²) in [6, 6.07) is 11.7. The molecule has 0 amide bonds. The molecular formula is C20H21Cl2N3OS. The van der Waals surface area contributed by atoms with Crippen molar-refractivity contribution in [2.45, 2.75) is 44.8 Å². The molecule has 3 rings (SSSR count). The van der Waals surface area contributed by atoms with Gasteiger partial charge in [-0.25, -0.2) is 0 Å². The van der Waals surface area contributed by atoms with Gasteiger partial charge in [-0.3, -0.25) is 0 Å². The molecule has 27 heavy (non-hydrogen) atoms. The maximum Gasteiger partial charge on any atom is 0.191 e. The molecule has 0 saturated heterocycles. The molecular weight excluding hydrogens is 401 g/mol. The third kappa shape index (κ3) is 4.98. The highest BCUT2D eigenvalue weighted by atomic mass is 35.5. The zero-order chi connectivity index (χ0) is 19.4. The monoisotopic (exact) mass is 421 g/mol. The average Bonchev–Trinajstić information content (AvgIpc) is 3.00. The van der Waals surface area contributed by atoms with Crippen LogP contribution < -0.4 is 4.74 Å². The first-order chi connectivity index (χ1) is 13.0. The van der Waals surface area contributed by atoms with Gasteiger partial charge in [0.05, 0.1) is 0 Å². The molecule has 0 aliphatic heterocycles. The summed E-state index contributed by atoms with van der Waals surface area (Å²) in [6.45, 7) is 7.32. The van der Waals surface area contributed by atoms with Crippen molar-refractivity contribution in [1.29, 1.82) is 0 Å². The quantitative estimate of drug-likeness (QED) is 0.432. The third-order valence-corrected chi connectivity index (χ3v) is 5.78. The first-order valence-electron chi connectivity index (χ1n) is 8.66. The number of nitrogens with zero attached hydrogens (tertiary/aromatic N) is 3. The molecule has 7 heteroatoms. The topological polar surface area (TPSA) is 39.9 Å². The van der Waals surface area contributed by atoms with Gasteiger partial charge < -0.3 is 9.30 Å². The number of hydrogen-bond donors (Lipinski definition) is 0. The van der Waals surface area contributed by atoms with Gasteiger partial charge >= 0.3 is 0 Å². The highest BCUT2D eigenvalue weighted by molar-refractivity contribution is 7.98. The van der Waals surface area contributed by atoms with Crippen LogP contribution in [0.2, 0.25) is 10.0 Å². The standard InChI is InChI=1S/C20H21Cl2N3OS/c1-4-25-19(11-26-15-9-13(2)8-14(3)10-15)23-24-20(25)27-12-16-17(21)6-5-7-18(16)22/h5-10H,4,11-12H2,1-3H3. The lowest BCUT2D eigenvalue weighted by Crippen LogP contribution is -2.07. The van der Waals surface area contributed by atoms with Crippen molar-refractivity contribution in [3.63, 3.8) is 0 Å². The molecule has 0 N–H and O–H groups in total. The predicted octanol–water partition coefficient (Wildman–Crippen LogP) is 6.09. The minimum absolute atomic E-state index is 0.372. The molecule has 0 unspecified atom stereocenters. The first-order valence-corrected chi connectivity index (χ1v) is 10.4. The Balaban J connectivity index is 1.71. The summed E-state index contributed by atoms with van der Waals surface area (Å²) < 4.78 is 7.99. The average molecular weight is 422 g/mol. The number of halogens is 2. The van der Waals surface area contributed by atoms with Crippen molar-refractivity contribution in [1.82, 2.24) is 14.8 Å². The molecule has 0 spiro atoms. The Morgan fingerprint density at radius 1 is 1.04 bits per heavy atom. The van der Waals surface area contributed by atoms with Crippen LogP contribution in [0.25, 0.3) is 0 Å². The molecule has 1 heterocycles. The molecule has 0 radical (unpaired) electrons. The van der Waals surface area contributed by atoms with Gasteiger partial charge in [0, 0.05) is 22.3 Å². The Morgan fingerprint density at radius 3 is 2.33 bits per heavy atom. The number of thioether (sulfide) groups is 1. The molecule has 0 atom stereocenters. The van der Waals surface area contributed by atoms with Crippen molar-refractivity contribution >= 4 is 35.0 Å². The third-order valence-electron chi connectivity index (χ3n) is 4.08. The van der Waals surface area contributed by atoms with Crippen LogP contribution >= 0.6 is 35.0 Å². The summed E-state index contributed by atoms with van der Waals surface area (Å²) in [5.74, 6) is 2.27. The molecule has 2 aromatic carbocycles. The number of rotatable bonds is 7. The first kappa shape index (κ1) is 20.1. The summed E-state index contributed by atoms with van der Waals surface area (Å²) in [5, 5.41) is 10.8. The summed E-state index contributed by atoms with van der Waals surface area (Å²) in [7, 11) is 0. The van der Waals surface area contributed by atoms with Crippen LogP contribution in [0.1, 0.15) is 29.4 Å². The fraction of sp³-hybridized carbons (Fsp3) is 0.300. The lowest BCUT2D eigenvalue weighted by molar-refractivity contribution is 0.288. The zero-order valence-corrected chi connectivity index (χ0v) is 17.8. The SMILES string of the molecule is CCn1c(COc2cc(C)cc(C)c2)nnc1SCc1c(Cl)cccc1Cl. The van der Waals surface area contributed by atoms with E-state index in [-0.39, 0.29) is 0 Å². The fourth-order valence-electron chi connectivity index (χ4n) is 2.82. The molecule has 0 aliphatic carbocycles. The van der Waals surface area contributed by atoms with E-state index >= 15 is 0 Å². The summed E-state index contributed by atoms with van der Waals surface area (Å²) in [6.07, 6.45) is 0. The normalized spacial score (nSPS) is 11.0. The van der Waals surface area contributed by atoms with Gasteiger partial charge in [-0.1, -0.05) is 47.1 Å². The van der Waals surface area contributed by atoms with Crippen LogP contribution in [0.4, 0.5) is 0 Å². The van der Waals surface area contributed by atoms with Crippen molar-refractivity contribution in [2.24, 2.45) is 0 Å². The van der Waals surface area contributed by atoms with Crippen LogP contribution in [0.3, 0.4) is 0 Å². The van der Waals surface area contributed by atoms with Crippen LogP contribution in [0.5, 0.6) is 5.75 Å². The second-order valence-electron chi connectivity index (χ2n) is 6.24. The largest absolute Gasteiger partial charge is 0.486 e. The fourth-order valence-corrected chi connectivity index (χ4v) is 4.58.